The molecular formula is C19H23NO2S. The molecule has 0 spiro atoms. The van der Waals surface area contributed by atoms with E-state index < -0.39 is 9.84 Å². The Morgan fingerprint density at radius 1 is 1.04 bits per heavy atom. The Kier molecular flexibility index (Phi) is 4.83. The second kappa shape index (κ2) is 6.85. The monoisotopic (exact) mass is 329 g/mol. The minimum absolute atomic E-state index is 0.0264. The summed E-state index contributed by atoms with van der Waals surface area (Å²) >= 11 is 0. The minimum Gasteiger partial charge on any atom is -0.306 e. The molecule has 3 nitrogen and oxygen atoms in total. The zero-order chi connectivity index (χ0) is 16.3. The molecule has 4 heteroatoms. The summed E-state index contributed by atoms with van der Waals surface area (Å²) in [4.78, 5) is 0.376. The van der Waals surface area contributed by atoms with Crippen LogP contribution in [0.5, 0.6) is 0 Å². The molecule has 23 heavy (non-hydrogen) atoms. The Morgan fingerprint density at radius 2 is 1.74 bits per heavy atom. The lowest BCUT2D eigenvalue weighted by atomic mass is 9.85. The van der Waals surface area contributed by atoms with Gasteiger partial charge in [-0.3, -0.25) is 0 Å². The number of hydrogen-bond acceptors (Lipinski definition) is 3. The summed E-state index contributed by atoms with van der Waals surface area (Å²) in [6.45, 7) is 0.975. The van der Waals surface area contributed by atoms with Gasteiger partial charge < -0.3 is 5.32 Å². The first-order valence-electron chi connectivity index (χ1n) is 8.12. The molecule has 1 saturated carbocycles. The summed E-state index contributed by atoms with van der Waals surface area (Å²) in [6, 6.07) is 17.5. The van der Waals surface area contributed by atoms with Crippen LogP contribution in [0, 0.1) is 5.92 Å². The fourth-order valence-electron chi connectivity index (χ4n) is 2.98. The third-order valence-corrected chi connectivity index (χ3v) is 5.70. The maximum absolute atomic E-state index is 11.8. The van der Waals surface area contributed by atoms with Crippen LogP contribution in [0.15, 0.2) is 59.5 Å². The maximum Gasteiger partial charge on any atom is 0.175 e. The topological polar surface area (TPSA) is 46.2 Å². The fourth-order valence-corrected chi connectivity index (χ4v) is 3.66. The zero-order valence-electron chi connectivity index (χ0n) is 13.4. The Balaban J connectivity index is 1.90. The van der Waals surface area contributed by atoms with Gasteiger partial charge in [-0.15, -0.1) is 0 Å². The molecule has 0 unspecified atom stereocenters. The van der Waals surface area contributed by atoms with Gasteiger partial charge in [-0.25, -0.2) is 8.42 Å². The van der Waals surface area contributed by atoms with E-state index in [4.69, 9.17) is 0 Å². The Bertz CT molecular complexity index is 752. The highest BCUT2D eigenvalue weighted by atomic mass is 32.2. The first-order valence-corrected chi connectivity index (χ1v) is 10.0. The van der Waals surface area contributed by atoms with Crippen molar-refractivity contribution in [3.8, 4) is 0 Å². The van der Waals surface area contributed by atoms with Gasteiger partial charge in [0.05, 0.1) is 10.9 Å². The van der Waals surface area contributed by atoms with Crippen molar-refractivity contribution in [3.63, 3.8) is 0 Å². The van der Waals surface area contributed by atoms with E-state index in [0.29, 0.717) is 4.90 Å². The van der Waals surface area contributed by atoms with Crippen molar-refractivity contribution >= 4 is 9.84 Å². The third-order valence-electron chi connectivity index (χ3n) is 4.59. The van der Waals surface area contributed by atoms with Crippen molar-refractivity contribution in [1.29, 1.82) is 0 Å². The van der Waals surface area contributed by atoms with Crippen LogP contribution in [-0.4, -0.2) is 21.2 Å². The first kappa shape index (κ1) is 16.2. The van der Waals surface area contributed by atoms with Crippen LogP contribution >= 0.6 is 0 Å². The highest BCUT2D eigenvalue weighted by Gasteiger charge is 2.21. The fraction of sp³-hybridized carbons (Fsp3) is 0.368. The van der Waals surface area contributed by atoms with Crippen molar-refractivity contribution in [2.75, 3.05) is 12.8 Å². The summed E-state index contributed by atoms with van der Waals surface area (Å²) in [5.41, 5.74) is 2.16. The largest absolute Gasteiger partial charge is 0.306 e. The molecule has 2 aromatic rings. The lowest BCUT2D eigenvalue weighted by molar-refractivity contribution is 0.295. The van der Waals surface area contributed by atoms with Gasteiger partial charge in [0.1, 0.15) is 0 Å². The van der Waals surface area contributed by atoms with E-state index in [0.717, 1.165) is 23.6 Å². The molecule has 3 rings (SSSR count). The number of rotatable bonds is 6. The SMILES string of the molecule is CS(=O)(=O)c1cccc([C@H](NCC2CCC2)c2ccccc2)c1. The van der Waals surface area contributed by atoms with Gasteiger partial charge in [0.15, 0.2) is 9.84 Å². The second-order valence-corrected chi connectivity index (χ2v) is 8.41. The summed E-state index contributed by atoms with van der Waals surface area (Å²) in [5, 5.41) is 3.64. The van der Waals surface area contributed by atoms with Crippen molar-refractivity contribution in [2.45, 2.75) is 30.2 Å². The minimum atomic E-state index is -3.19. The van der Waals surface area contributed by atoms with Gasteiger partial charge in [-0.1, -0.05) is 48.9 Å². The van der Waals surface area contributed by atoms with E-state index in [1.165, 1.54) is 25.5 Å². The molecule has 1 N–H and O–H groups in total. The normalized spacial score (nSPS) is 16.7. The summed E-state index contributed by atoms with van der Waals surface area (Å²) in [7, 11) is -3.19. The molecular weight excluding hydrogens is 306 g/mol. The molecule has 1 aliphatic carbocycles. The van der Waals surface area contributed by atoms with Crippen molar-refractivity contribution < 1.29 is 8.42 Å². The molecule has 0 radical (unpaired) electrons. The van der Waals surface area contributed by atoms with Crippen molar-refractivity contribution in [3.05, 3.63) is 65.7 Å². The molecule has 0 heterocycles. The quantitative estimate of drug-likeness (QED) is 0.881. The van der Waals surface area contributed by atoms with Gasteiger partial charge in [0.2, 0.25) is 0 Å². The maximum atomic E-state index is 11.8. The van der Waals surface area contributed by atoms with Gasteiger partial charge in [-0.2, -0.15) is 0 Å². The van der Waals surface area contributed by atoms with E-state index in [-0.39, 0.29) is 6.04 Å². The summed E-state index contributed by atoms with van der Waals surface area (Å²) in [5.74, 6) is 0.749. The van der Waals surface area contributed by atoms with Crippen LogP contribution in [-0.2, 0) is 9.84 Å². The molecule has 122 valence electrons. The molecule has 1 fully saturated rings. The lowest BCUT2D eigenvalue weighted by Crippen LogP contribution is -2.31. The molecule has 0 bridgehead atoms. The van der Waals surface area contributed by atoms with E-state index >= 15 is 0 Å². The molecule has 1 atom stereocenters. The average molecular weight is 329 g/mol. The van der Waals surface area contributed by atoms with E-state index in [1.807, 2.05) is 30.3 Å². The average Bonchev–Trinajstić information content (AvgIpc) is 2.50. The van der Waals surface area contributed by atoms with Gasteiger partial charge >= 0.3 is 0 Å². The lowest BCUT2D eigenvalue weighted by Gasteiger charge is -2.29. The van der Waals surface area contributed by atoms with E-state index in [2.05, 4.69) is 17.4 Å². The highest BCUT2D eigenvalue weighted by Crippen LogP contribution is 2.28. The van der Waals surface area contributed by atoms with Crippen LogP contribution in [0.1, 0.15) is 36.4 Å². The Hall–Kier alpha value is -1.65. The number of hydrogen-bond donors (Lipinski definition) is 1. The molecule has 2 aromatic carbocycles. The molecule has 1 aliphatic rings. The molecule has 0 amide bonds. The summed E-state index contributed by atoms with van der Waals surface area (Å²) in [6.07, 6.45) is 5.16. The predicted molar refractivity (Wildman–Crippen MR) is 93.2 cm³/mol. The van der Waals surface area contributed by atoms with Crippen LogP contribution in [0.3, 0.4) is 0 Å². The second-order valence-electron chi connectivity index (χ2n) is 6.39. The predicted octanol–water partition coefficient (Wildman–Crippen LogP) is 3.57. The van der Waals surface area contributed by atoms with Crippen LogP contribution in [0.25, 0.3) is 0 Å². The highest BCUT2D eigenvalue weighted by molar-refractivity contribution is 7.90. The summed E-state index contributed by atoms with van der Waals surface area (Å²) < 4.78 is 23.7. The molecule has 0 aromatic heterocycles. The standard InChI is InChI=1S/C19H23NO2S/c1-23(21,22)18-12-6-11-17(13-18)19(16-9-3-2-4-10-16)20-14-15-7-5-8-15/h2-4,6,9-13,15,19-20H,5,7-8,14H2,1H3/t19-/m1/s1. The zero-order valence-corrected chi connectivity index (χ0v) is 14.2. The van der Waals surface area contributed by atoms with Crippen LogP contribution in [0.2, 0.25) is 0 Å². The number of nitrogens with one attached hydrogen (secondary N) is 1. The smallest absolute Gasteiger partial charge is 0.175 e. The Labute approximate surface area is 138 Å². The molecule has 0 aliphatic heterocycles. The van der Waals surface area contributed by atoms with E-state index in [9.17, 15) is 8.42 Å². The van der Waals surface area contributed by atoms with Crippen LogP contribution < -0.4 is 5.32 Å². The van der Waals surface area contributed by atoms with Crippen molar-refractivity contribution in [2.24, 2.45) is 5.92 Å². The Morgan fingerprint density at radius 3 is 2.35 bits per heavy atom. The van der Waals surface area contributed by atoms with Crippen LogP contribution in [0.4, 0.5) is 0 Å². The van der Waals surface area contributed by atoms with Gasteiger partial charge in [0, 0.05) is 6.26 Å². The van der Waals surface area contributed by atoms with Crippen molar-refractivity contribution in [1.82, 2.24) is 5.32 Å². The number of sulfone groups is 1. The first-order chi connectivity index (χ1) is 11.0. The molecule has 0 saturated heterocycles. The number of benzene rings is 2. The van der Waals surface area contributed by atoms with Gasteiger partial charge in [0.25, 0.3) is 0 Å². The van der Waals surface area contributed by atoms with Gasteiger partial charge in [-0.05, 0) is 48.6 Å². The van der Waals surface area contributed by atoms with E-state index in [1.54, 1.807) is 12.1 Å². The third kappa shape index (κ3) is 4.01.